The van der Waals surface area contributed by atoms with Gasteiger partial charge in [0.15, 0.2) is 0 Å². The van der Waals surface area contributed by atoms with Gasteiger partial charge in [0, 0.05) is 13.1 Å². The van der Waals surface area contributed by atoms with Gasteiger partial charge in [-0.3, -0.25) is 4.79 Å². The number of rotatable bonds is 2. The maximum Gasteiger partial charge on any atom is 0.245 e. The zero-order valence-corrected chi connectivity index (χ0v) is 9.60. The van der Waals surface area contributed by atoms with E-state index in [1.54, 1.807) is 4.90 Å². The van der Waals surface area contributed by atoms with Crippen LogP contribution >= 0.6 is 11.6 Å². The van der Waals surface area contributed by atoms with Crippen LogP contribution in [0.15, 0.2) is 30.3 Å². The van der Waals surface area contributed by atoms with Gasteiger partial charge in [-0.25, -0.2) is 0 Å². The number of amides is 1. The monoisotopic (exact) mass is 239 g/mol. The first-order chi connectivity index (χ1) is 7.68. The summed E-state index contributed by atoms with van der Waals surface area (Å²) in [5, 5.41) is 8.72. The quantitative estimate of drug-likeness (QED) is 0.796. The lowest BCUT2D eigenvalue weighted by molar-refractivity contribution is -0.130. The number of nitrogens with zero attached hydrogens (tertiary/aromatic N) is 1. The molecule has 86 valence electrons. The van der Waals surface area contributed by atoms with Gasteiger partial charge in [0.25, 0.3) is 0 Å². The normalized spacial score (nSPS) is 22.1. The molecule has 0 bridgehead atoms. The summed E-state index contributed by atoms with van der Waals surface area (Å²) >= 11 is 6.11. The van der Waals surface area contributed by atoms with Crippen molar-refractivity contribution in [1.82, 2.24) is 4.90 Å². The molecule has 2 unspecified atom stereocenters. The summed E-state index contributed by atoms with van der Waals surface area (Å²) in [6.07, 6.45) is 0.244. The number of β-amino-alcohol motifs (C(OH)–C–C–N with tert-alkyl or cyclic N) is 1. The summed E-state index contributed by atoms with van der Waals surface area (Å²) in [4.78, 5) is 13.6. The maximum absolute atomic E-state index is 12.0. The minimum Gasteiger partial charge on any atom is -0.391 e. The molecule has 1 aliphatic heterocycles. The van der Waals surface area contributed by atoms with Gasteiger partial charge in [-0.1, -0.05) is 30.3 Å². The van der Waals surface area contributed by atoms with Crippen molar-refractivity contribution in [3.8, 4) is 0 Å². The highest BCUT2D eigenvalue weighted by Crippen LogP contribution is 2.24. The van der Waals surface area contributed by atoms with Gasteiger partial charge in [0.1, 0.15) is 5.38 Å². The Hall–Kier alpha value is -1.06. The van der Waals surface area contributed by atoms with Crippen LogP contribution in [0.4, 0.5) is 0 Å². The molecule has 16 heavy (non-hydrogen) atoms. The predicted molar refractivity (Wildman–Crippen MR) is 62.2 cm³/mol. The van der Waals surface area contributed by atoms with E-state index in [0.29, 0.717) is 19.5 Å². The smallest absolute Gasteiger partial charge is 0.245 e. The Morgan fingerprint density at radius 3 is 2.69 bits per heavy atom. The highest BCUT2D eigenvalue weighted by atomic mass is 35.5. The Bertz CT molecular complexity index is 369. The Morgan fingerprint density at radius 1 is 1.44 bits per heavy atom. The van der Waals surface area contributed by atoms with Crippen molar-refractivity contribution >= 4 is 17.5 Å². The molecule has 1 amide bonds. The predicted octanol–water partition coefficient (Wildman–Crippen LogP) is 1.56. The Kier molecular flexibility index (Phi) is 3.46. The van der Waals surface area contributed by atoms with E-state index in [-0.39, 0.29) is 5.91 Å². The third-order valence-electron chi connectivity index (χ3n) is 2.78. The van der Waals surface area contributed by atoms with Gasteiger partial charge in [0.2, 0.25) is 5.91 Å². The van der Waals surface area contributed by atoms with Crippen molar-refractivity contribution in [2.24, 2.45) is 0 Å². The lowest BCUT2D eigenvalue weighted by atomic mass is 10.1. The van der Waals surface area contributed by atoms with Crippen molar-refractivity contribution in [1.29, 1.82) is 0 Å². The van der Waals surface area contributed by atoms with Crippen LogP contribution in [0, 0.1) is 0 Å². The highest BCUT2D eigenvalue weighted by molar-refractivity contribution is 6.30. The second kappa shape index (κ2) is 4.85. The van der Waals surface area contributed by atoms with E-state index in [0.717, 1.165) is 5.56 Å². The van der Waals surface area contributed by atoms with E-state index >= 15 is 0 Å². The highest BCUT2D eigenvalue weighted by Gasteiger charge is 2.29. The van der Waals surface area contributed by atoms with Gasteiger partial charge >= 0.3 is 0 Å². The van der Waals surface area contributed by atoms with Gasteiger partial charge in [-0.05, 0) is 12.0 Å². The van der Waals surface area contributed by atoms with E-state index in [2.05, 4.69) is 0 Å². The van der Waals surface area contributed by atoms with E-state index in [1.807, 2.05) is 30.3 Å². The van der Waals surface area contributed by atoms with Crippen LogP contribution in [-0.4, -0.2) is 35.1 Å². The summed E-state index contributed by atoms with van der Waals surface area (Å²) in [5.74, 6) is -0.121. The Morgan fingerprint density at radius 2 is 2.12 bits per heavy atom. The number of alkyl halides is 1. The molecule has 4 heteroatoms. The molecule has 0 spiro atoms. The second-order valence-electron chi connectivity index (χ2n) is 4.00. The van der Waals surface area contributed by atoms with Gasteiger partial charge in [-0.2, -0.15) is 0 Å². The first-order valence-corrected chi connectivity index (χ1v) is 5.78. The number of aliphatic hydroxyl groups excluding tert-OH is 1. The molecule has 0 aromatic heterocycles. The van der Waals surface area contributed by atoms with Crippen molar-refractivity contribution in [2.45, 2.75) is 17.9 Å². The lowest BCUT2D eigenvalue weighted by Gasteiger charge is -2.19. The molecule has 1 fully saturated rings. The third-order valence-corrected chi connectivity index (χ3v) is 3.22. The molecular formula is C12H14ClNO2. The molecule has 1 saturated heterocycles. The molecule has 1 aromatic carbocycles. The topological polar surface area (TPSA) is 40.5 Å². The molecule has 1 aliphatic rings. The van der Waals surface area contributed by atoms with E-state index < -0.39 is 11.5 Å². The van der Waals surface area contributed by atoms with E-state index in [9.17, 15) is 9.90 Å². The number of aliphatic hydroxyl groups is 1. The molecule has 3 nitrogen and oxygen atoms in total. The number of hydrogen-bond donors (Lipinski definition) is 1. The van der Waals surface area contributed by atoms with Crippen LogP contribution in [0.1, 0.15) is 17.4 Å². The molecule has 1 aromatic rings. The molecule has 0 radical (unpaired) electrons. The molecule has 2 rings (SSSR count). The maximum atomic E-state index is 12.0. The van der Waals surface area contributed by atoms with Crippen molar-refractivity contribution < 1.29 is 9.90 Å². The first kappa shape index (κ1) is 11.4. The van der Waals surface area contributed by atoms with Crippen LogP contribution < -0.4 is 0 Å². The fourth-order valence-corrected chi connectivity index (χ4v) is 2.15. The van der Waals surface area contributed by atoms with Gasteiger partial charge in [0.05, 0.1) is 6.10 Å². The van der Waals surface area contributed by atoms with Crippen molar-refractivity contribution in [3.63, 3.8) is 0 Å². The zero-order valence-electron chi connectivity index (χ0n) is 8.84. The lowest BCUT2D eigenvalue weighted by Crippen LogP contribution is -2.32. The standard InChI is InChI=1S/C12H14ClNO2/c13-11(9-4-2-1-3-5-9)12(16)14-7-6-10(15)8-14/h1-5,10-11,15H,6-8H2. The Balaban J connectivity index is 2.05. The average Bonchev–Trinajstić information content (AvgIpc) is 2.75. The summed E-state index contributed by atoms with van der Waals surface area (Å²) in [5.41, 5.74) is 0.801. The number of benzene rings is 1. The Labute approximate surface area is 99.6 Å². The molecular weight excluding hydrogens is 226 g/mol. The molecule has 0 aliphatic carbocycles. The molecule has 1 heterocycles. The number of hydrogen-bond acceptors (Lipinski definition) is 2. The number of carbonyl (C=O) groups is 1. The number of likely N-dealkylation sites (tertiary alicyclic amines) is 1. The van der Waals surface area contributed by atoms with E-state index in [1.165, 1.54) is 0 Å². The third kappa shape index (κ3) is 2.36. The van der Waals surface area contributed by atoms with Crippen LogP contribution in [0.3, 0.4) is 0 Å². The molecule has 0 saturated carbocycles. The minimum atomic E-state index is -0.647. The largest absolute Gasteiger partial charge is 0.391 e. The van der Waals surface area contributed by atoms with Crippen molar-refractivity contribution in [2.75, 3.05) is 13.1 Å². The second-order valence-corrected chi connectivity index (χ2v) is 4.44. The van der Waals surface area contributed by atoms with Crippen molar-refractivity contribution in [3.05, 3.63) is 35.9 Å². The average molecular weight is 240 g/mol. The fraction of sp³-hybridized carbons (Fsp3) is 0.417. The van der Waals surface area contributed by atoms with Gasteiger partial charge in [-0.15, -0.1) is 11.6 Å². The summed E-state index contributed by atoms with van der Waals surface area (Å²) in [6, 6.07) is 9.27. The van der Waals surface area contributed by atoms with Crippen LogP contribution in [0.5, 0.6) is 0 Å². The summed E-state index contributed by atoms with van der Waals surface area (Å²) in [7, 11) is 0. The number of halogens is 1. The fourth-order valence-electron chi connectivity index (χ4n) is 1.87. The van der Waals surface area contributed by atoms with Crippen LogP contribution in [0.2, 0.25) is 0 Å². The van der Waals surface area contributed by atoms with E-state index in [4.69, 9.17) is 11.6 Å². The summed E-state index contributed by atoms with van der Waals surface area (Å²) < 4.78 is 0. The SMILES string of the molecule is O=C(C(Cl)c1ccccc1)N1CCC(O)C1. The minimum absolute atomic E-state index is 0.121. The number of carbonyl (C=O) groups excluding carboxylic acids is 1. The first-order valence-electron chi connectivity index (χ1n) is 5.34. The molecule has 1 N–H and O–H groups in total. The van der Waals surface area contributed by atoms with Crippen LogP contribution in [0.25, 0.3) is 0 Å². The molecule has 2 atom stereocenters. The van der Waals surface area contributed by atoms with Gasteiger partial charge < -0.3 is 10.0 Å². The summed E-state index contributed by atoms with van der Waals surface area (Å²) in [6.45, 7) is 0.991. The van der Waals surface area contributed by atoms with Crippen LogP contribution in [-0.2, 0) is 4.79 Å². The zero-order chi connectivity index (χ0) is 11.5.